The molecular weight excluding hydrogens is 458 g/mol. The van der Waals surface area contributed by atoms with E-state index in [1.807, 2.05) is 37.3 Å². The summed E-state index contributed by atoms with van der Waals surface area (Å²) in [6.45, 7) is 3.54. The Morgan fingerprint density at radius 3 is 2.63 bits per heavy atom. The van der Waals surface area contributed by atoms with Crippen molar-refractivity contribution in [1.29, 1.82) is 5.26 Å². The zero-order chi connectivity index (χ0) is 18.8. The van der Waals surface area contributed by atoms with Gasteiger partial charge in [0, 0.05) is 18.7 Å². The van der Waals surface area contributed by atoms with E-state index in [1.165, 1.54) is 6.07 Å². The monoisotopic (exact) mass is 482 g/mol. The Morgan fingerprint density at radius 2 is 1.96 bits per heavy atom. The molecule has 0 bridgehead atoms. The van der Waals surface area contributed by atoms with Crippen LogP contribution in [0.15, 0.2) is 47.5 Å². The van der Waals surface area contributed by atoms with E-state index in [4.69, 9.17) is 10.00 Å². The molecule has 2 rings (SSSR count). The van der Waals surface area contributed by atoms with Crippen molar-refractivity contribution in [3.63, 3.8) is 0 Å². The van der Waals surface area contributed by atoms with Crippen LogP contribution in [0.2, 0.25) is 0 Å². The molecule has 0 aliphatic heterocycles. The van der Waals surface area contributed by atoms with Gasteiger partial charge in [-0.3, -0.25) is 0 Å². The smallest absolute Gasteiger partial charge is 0.191 e. The van der Waals surface area contributed by atoms with Crippen molar-refractivity contribution in [2.24, 2.45) is 4.99 Å². The number of guanidine groups is 1. The Balaban J connectivity index is 0.00000364. The van der Waals surface area contributed by atoms with E-state index < -0.39 is 5.82 Å². The van der Waals surface area contributed by atoms with Crippen LogP contribution in [0.1, 0.15) is 23.6 Å². The fourth-order valence-electron chi connectivity index (χ4n) is 2.48. The second-order valence-corrected chi connectivity index (χ2v) is 5.60. The van der Waals surface area contributed by atoms with Gasteiger partial charge in [-0.05, 0) is 37.1 Å². The summed E-state index contributed by atoms with van der Waals surface area (Å²) in [5.41, 5.74) is 1.86. The summed E-state index contributed by atoms with van der Waals surface area (Å²) in [6, 6.07) is 14.2. The van der Waals surface area contributed by atoms with Gasteiger partial charge in [-0.15, -0.1) is 24.0 Å². The SMILES string of the molecule is CCNC(=NCc1ccc(C#N)cc1F)NCCc1ccccc1OC.I. The highest BCUT2D eigenvalue weighted by Crippen LogP contribution is 2.17. The minimum Gasteiger partial charge on any atom is -0.496 e. The molecule has 0 aromatic heterocycles. The number of methoxy groups -OCH3 is 1. The van der Waals surface area contributed by atoms with Crippen molar-refractivity contribution >= 4 is 29.9 Å². The molecule has 0 aliphatic carbocycles. The molecule has 2 aromatic rings. The van der Waals surface area contributed by atoms with Gasteiger partial charge in [-0.1, -0.05) is 24.3 Å². The Morgan fingerprint density at radius 1 is 1.19 bits per heavy atom. The molecular formula is C20H24FIN4O. The summed E-state index contributed by atoms with van der Waals surface area (Å²) in [4.78, 5) is 4.41. The van der Waals surface area contributed by atoms with Gasteiger partial charge in [0.2, 0.25) is 0 Å². The van der Waals surface area contributed by atoms with E-state index in [1.54, 1.807) is 19.2 Å². The Kier molecular flexibility index (Phi) is 10.2. The number of hydrogen-bond acceptors (Lipinski definition) is 3. The first-order valence-corrected chi connectivity index (χ1v) is 8.50. The number of nitriles is 1. The Bertz CT molecular complexity index is 805. The fourth-order valence-corrected chi connectivity index (χ4v) is 2.48. The van der Waals surface area contributed by atoms with Crippen LogP contribution in [0.4, 0.5) is 4.39 Å². The number of ether oxygens (including phenoxy) is 1. The molecule has 0 radical (unpaired) electrons. The van der Waals surface area contributed by atoms with E-state index in [0.29, 0.717) is 30.2 Å². The third-order valence-electron chi connectivity index (χ3n) is 3.81. The number of halogens is 2. The molecule has 5 nitrogen and oxygen atoms in total. The molecule has 0 heterocycles. The molecule has 0 unspecified atom stereocenters. The number of para-hydroxylation sites is 1. The highest BCUT2D eigenvalue weighted by molar-refractivity contribution is 14.0. The first-order valence-electron chi connectivity index (χ1n) is 8.50. The maximum absolute atomic E-state index is 14.0. The van der Waals surface area contributed by atoms with Crippen LogP contribution < -0.4 is 15.4 Å². The van der Waals surface area contributed by atoms with Crippen LogP contribution >= 0.6 is 24.0 Å². The maximum atomic E-state index is 14.0. The number of aliphatic imine (C=N–C) groups is 1. The summed E-state index contributed by atoms with van der Waals surface area (Å²) in [5, 5.41) is 15.2. The zero-order valence-corrected chi connectivity index (χ0v) is 17.8. The third-order valence-corrected chi connectivity index (χ3v) is 3.81. The van der Waals surface area contributed by atoms with Crippen molar-refractivity contribution in [3.8, 4) is 11.8 Å². The minimum atomic E-state index is -0.419. The topological polar surface area (TPSA) is 69.4 Å². The number of hydrogen-bond donors (Lipinski definition) is 2. The van der Waals surface area contributed by atoms with Gasteiger partial charge in [0.1, 0.15) is 11.6 Å². The zero-order valence-electron chi connectivity index (χ0n) is 15.5. The molecule has 0 spiro atoms. The van der Waals surface area contributed by atoms with E-state index in [0.717, 1.165) is 17.7 Å². The molecule has 0 aliphatic rings. The average Bonchev–Trinajstić information content (AvgIpc) is 2.67. The normalized spacial score (nSPS) is 10.5. The molecule has 7 heteroatoms. The minimum absolute atomic E-state index is 0. The Labute approximate surface area is 176 Å². The average molecular weight is 482 g/mol. The van der Waals surface area contributed by atoms with Crippen LogP contribution in [-0.2, 0) is 13.0 Å². The van der Waals surface area contributed by atoms with Crippen molar-refractivity contribution < 1.29 is 9.13 Å². The molecule has 0 saturated heterocycles. The third kappa shape index (κ3) is 7.06. The number of nitrogens with one attached hydrogen (secondary N) is 2. The number of rotatable bonds is 7. The number of benzene rings is 2. The molecule has 0 fully saturated rings. The second-order valence-electron chi connectivity index (χ2n) is 5.60. The molecule has 27 heavy (non-hydrogen) atoms. The number of nitrogens with zero attached hydrogens (tertiary/aromatic N) is 2. The van der Waals surface area contributed by atoms with Gasteiger partial charge in [0.05, 0.1) is 25.3 Å². The summed E-state index contributed by atoms with van der Waals surface area (Å²) in [6.07, 6.45) is 0.777. The standard InChI is InChI=1S/C20H23FN4O.HI/c1-3-23-20(24-11-10-16-6-4-5-7-19(16)26-2)25-14-17-9-8-15(13-22)12-18(17)21;/h4-9,12H,3,10-11,14H2,1-2H3,(H2,23,24,25);1H. The van der Waals surface area contributed by atoms with Crippen molar-refractivity contribution in [3.05, 3.63) is 65.0 Å². The molecule has 144 valence electrons. The van der Waals surface area contributed by atoms with Crippen molar-refractivity contribution in [1.82, 2.24) is 10.6 Å². The van der Waals surface area contributed by atoms with Gasteiger partial charge in [-0.2, -0.15) is 5.26 Å². The lowest BCUT2D eigenvalue weighted by atomic mass is 10.1. The van der Waals surface area contributed by atoms with Crippen molar-refractivity contribution in [2.45, 2.75) is 19.9 Å². The van der Waals surface area contributed by atoms with Gasteiger partial charge in [0.25, 0.3) is 0 Å². The predicted molar refractivity (Wildman–Crippen MR) is 116 cm³/mol. The fraction of sp³-hybridized carbons (Fsp3) is 0.300. The predicted octanol–water partition coefficient (Wildman–Crippen LogP) is 3.62. The van der Waals surface area contributed by atoms with Gasteiger partial charge < -0.3 is 15.4 Å². The van der Waals surface area contributed by atoms with E-state index in [2.05, 4.69) is 15.6 Å². The highest BCUT2D eigenvalue weighted by atomic mass is 127. The molecule has 0 amide bonds. The lowest BCUT2D eigenvalue weighted by Crippen LogP contribution is -2.38. The van der Waals surface area contributed by atoms with Crippen LogP contribution in [0.3, 0.4) is 0 Å². The van der Waals surface area contributed by atoms with Crippen LogP contribution in [0, 0.1) is 17.1 Å². The largest absolute Gasteiger partial charge is 0.496 e. The molecule has 2 aromatic carbocycles. The lowest BCUT2D eigenvalue weighted by molar-refractivity contribution is 0.409. The summed E-state index contributed by atoms with van der Waals surface area (Å²) >= 11 is 0. The second kappa shape index (κ2) is 12.1. The summed E-state index contributed by atoms with van der Waals surface area (Å²) in [5.74, 6) is 1.06. The summed E-state index contributed by atoms with van der Waals surface area (Å²) in [7, 11) is 1.66. The van der Waals surface area contributed by atoms with Crippen LogP contribution in [-0.4, -0.2) is 26.2 Å². The van der Waals surface area contributed by atoms with Crippen LogP contribution in [0.5, 0.6) is 5.75 Å². The first-order chi connectivity index (χ1) is 12.7. The first kappa shape index (κ1) is 22.7. The summed E-state index contributed by atoms with van der Waals surface area (Å²) < 4.78 is 19.3. The van der Waals surface area contributed by atoms with Crippen LogP contribution in [0.25, 0.3) is 0 Å². The molecule has 0 saturated carbocycles. The highest BCUT2D eigenvalue weighted by Gasteiger charge is 2.05. The van der Waals surface area contributed by atoms with E-state index >= 15 is 0 Å². The van der Waals surface area contributed by atoms with Crippen molar-refractivity contribution in [2.75, 3.05) is 20.2 Å². The lowest BCUT2D eigenvalue weighted by Gasteiger charge is -2.13. The van der Waals surface area contributed by atoms with Gasteiger partial charge >= 0.3 is 0 Å². The maximum Gasteiger partial charge on any atom is 0.191 e. The Hall–Kier alpha value is -2.34. The van der Waals surface area contributed by atoms with E-state index in [-0.39, 0.29) is 30.5 Å². The van der Waals surface area contributed by atoms with Gasteiger partial charge in [-0.25, -0.2) is 9.38 Å². The molecule has 2 N–H and O–H groups in total. The molecule has 0 atom stereocenters. The quantitative estimate of drug-likeness (QED) is 0.360. The van der Waals surface area contributed by atoms with Gasteiger partial charge in [0.15, 0.2) is 5.96 Å². The van der Waals surface area contributed by atoms with E-state index in [9.17, 15) is 4.39 Å².